The van der Waals surface area contributed by atoms with Crippen molar-refractivity contribution >= 4 is 15.9 Å². The average Bonchev–Trinajstić information content (AvgIpc) is 2.46. The Balaban J connectivity index is 2.17. The molecule has 1 atom stereocenters. The Kier molecular flexibility index (Phi) is 4.75. The van der Waals surface area contributed by atoms with E-state index in [0.29, 0.717) is 0 Å². The summed E-state index contributed by atoms with van der Waals surface area (Å²) in [6, 6.07) is 18.2. The van der Waals surface area contributed by atoms with Crippen LogP contribution in [0.4, 0.5) is 0 Å². The standard InChI is InChI=1S/C16H18BrNO/c1-16(12-19,14-9-5-6-10-15(14)17)18-11-13-7-3-2-4-8-13/h2-10,18-19H,11-12H2,1H3. The Morgan fingerprint density at radius 2 is 1.68 bits per heavy atom. The van der Waals surface area contributed by atoms with Crippen molar-refractivity contribution in [2.75, 3.05) is 6.61 Å². The molecule has 0 aliphatic heterocycles. The van der Waals surface area contributed by atoms with E-state index < -0.39 is 5.54 Å². The van der Waals surface area contributed by atoms with Crippen LogP contribution in [0.15, 0.2) is 59.1 Å². The van der Waals surface area contributed by atoms with Crippen LogP contribution in [-0.4, -0.2) is 11.7 Å². The molecule has 2 N–H and O–H groups in total. The molecule has 100 valence electrons. The zero-order valence-electron chi connectivity index (χ0n) is 10.9. The summed E-state index contributed by atoms with van der Waals surface area (Å²) < 4.78 is 1.01. The molecule has 0 spiro atoms. The van der Waals surface area contributed by atoms with Crippen LogP contribution < -0.4 is 5.32 Å². The topological polar surface area (TPSA) is 32.3 Å². The van der Waals surface area contributed by atoms with Crippen LogP contribution in [0.5, 0.6) is 0 Å². The highest BCUT2D eigenvalue weighted by Gasteiger charge is 2.26. The number of hydrogen-bond donors (Lipinski definition) is 2. The van der Waals surface area contributed by atoms with Crippen molar-refractivity contribution in [2.24, 2.45) is 0 Å². The van der Waals surface area contributed by atoms with Crippen LogP contribution in [0, 0.1) is 0 Å². The largest absolute Gasteiger partial charge is 0.394 e. The van der Waals surface area contributed by atoms with Gasteiger partial charge in [-0.1, -0.05) is 64.5 Å². The molecular weight excluding hydrogens is 302 g/mol. The van der Waals surface area contributed by atoms with Crippen LogP contribution in [0.3, 0.4) is 0 Å². The number of benzene rings is 2. The SMILES string of the molecule is CC(CO)(NCc1ccccc1)c1ccccc1Br. The lowest BCUT2D eigenvalue weighted by Crippen LogP contribution is -2.42. The van der Waals surface area contributed by atoms with Gasteiger partial charge in [-0.15, -0.1) is 0 Å². The minimum atomic E-state index is -0.462. The van der Waals surface area contributed by atoms with Gasteiger partial charge in [-0.3, -0.25) is 0 Å². The second-order valence-electron chi connectivity index (χ2n) is 4.81. The lowest BCUT2D eigenvalue weighted by atomic mass is 9.92. The summed E-state index contributed by atoms with van der Waals surface area (Å²) in [7, 11) is 0. The first kappa shape index (κ1) is 14.3. The molecule has 0 heterocycles. The van der Waals surface area contributed by atoms with E-state index in [1.807, 2.05) is 49.4 Å². The summed E-state index contributed by atoms with van der Waals surface area (Å²) in [5, 5.41) is 13.2. The van der Waals surface area contributed by atoms with Gasteiger partial charge in [0, 0.05) is 11.0 Å². The second-order valence-corrected chi connectivity index (χ2v) is 5.66. The van der Waals surface area contributed by atoms with E-state index in [2.05, 4.69) is 33.4 Å². The molecule has 3 heteroatoms. The van der Waals surface area contributed by atoms with Crippen molar-refractivity contribution in [1.82, 2.24) is 5.32 Å². The highest BCUT2D eigenvalue weighted by atomic mass is 79.9. The van der Waals surface area contributed by atoms with Crippen LogP contribution in [0.2, 0.25) is 0 Å². The Bertz CT molecular complexity index is 529. The van der Waals surface area contributed by atoms with Gasteiger partial charge in [0.1, 0.15) is 0 Å². The van der Waals surface area contributed by atoms with Gasteiger partial charge in [0.25, 0.3) is 0 Å². The van der Waals surface area contributed by atoms with Gasteiger partial charge in [-0.05, 0) is 24.1 Å². The molecule has 0 aromatic heterocycles. The Hall–Kier alpha value is -1.16. The van der Waals surface area contributed by atoms with Gasteiger partial charge in [0.05, 0.1) is 12.1 Å². The van der Waals surface area contributed by atoms with Crippen molar-refractivity contribution in [1.29, 1.82) is 0 Å². The van der Waals surface area contributed by atoms with Gasteiger partial charge >= 0.3 is 0 Å². The van der Waals surface area contributed by atoms with E-state index in [9.17, 15) is 5.11 Å². The zero-order chi connectivity index (χ0) is 13.7. The van der Waals surface area contributed by atoms with E-state index in [-0.39, 0.29) is 6.61 Å². The first-order valence-corrected chi connectivity index (χ1v) is 7.10. The quantitative estimate of drug-likeness (QED) is 0.884. The predicted molar refractivity (Wildman–Crippen MR) is 81.9 cm³/mol. The molecule has 2 aromatic rings. The maximum absolute atomic E-state index is 9.76. The Morgan fingerprint density at radius 1 is 1.05 bits per heavy atom. The van der Waals surface area contributed by atoms with Gasteiger partial charge in [-0.2, -0.15) is 0 Å². The smallest absolute Gasteiger partial charge is 0.0654 e. The molecular formula is C16H18BrNO. The molecule has 0 radical (unpaired) electrons. The van der Waals surface area contributed by atoms with Gasteiger partial charge < -0.3 is 10.4 Å². The lowest BCUT2D eigenvalue weighted by molar-refractivity contribution is 0.173. The van der Waals surface area contributed by atoms with Gasteiger partial charge in [0.15, 0.2) is 0 Å². The molecule has 1 unspecified atom stereocenters. The first-order chi connectivity index (χ1) is 9.15. The van der Waals surface area contributed by atoms with E-state index in [1.54, 1.807) is 0 Å². The third-order valence-electron chi connectivity index (χ3n) is 3.31. The Labute approximate surface area is 122 Å². The summed E-state index contributed by atoms with van der Waals surface area (Å²) in [4.78, 5) is 0. The van der Waals surface area contributed by atoms with E-state index in [4.69, 9.17) is 0 Å². The molecule has 0 fully saturated rings. The molecule has 2 rings (SSSR count). The fourth-order valence-corrected chi connectivity index (χ4v) is 2.76. The van der Waals surface area contributed by atoms with E-state index >= 15 is 0 Å². The first-order valence-electron chi connectivity index (χ1n) is 6.30. The minimum absolute atomic E-state index is 0.0441. The van der Waals surface area contributed by atoms with Crippen molar-refractivity contribution < 1.29 is 5.11 Å². The molecule has 0 aliphatic rings. The number of halogens is 1. The number of nitrogens with one attached hydrogen (secondary N) is 1. The molecule has 2 aromatic carbocycles. The third kappa shape index (κ3) is 3.44. The molecule has 0 saturated heterocycles. The van der Waals surface area contributed by atoms with E-state index in [0.717, 1.165) is 16.6 Å². The van der Waals surface area contributed by atoms with Crippen molar-refractivity contribution in [3.05, 3.63) is 70.2 Å². The maximum Gasteiger partial charge on any atom is 0.0654 e. The van der Waals surface area contributed by atoms with Crippen molar-refractivity contribution in [2.45, 2.75) is 19.0 Å². The fraction of sp³-hybridized carbons (Fsp3) is 0.250. The third-order valence-corrected chi connectivity index (χ3v) is 4.00. The van der Waals surface area contributed by atoms with Gasteiger partial charge in [0.2, 0.25) is 0 Å². The van der Waals surface area contributed by atoms with Gasteiger partial charge in [-0.25, -0.2) is 0 Å². The average molecular weight is 320 g/mol. The fourth-order valence-electron chi connectivity index (χ4n) is 2.04. The zero-order valence-corrected chi connectivity index (χ0v) is 12.5. The summed E-state index contributed by atoms with van der Waals surface area (Å²) in [5.41, 5.74) is 1.80. The van der Waals surface area contributed by atoms with Crippen molar-refractivity contribution in [3.8, 4) is 0 Å². The monoisotopic (exact) mass is 319 g/mol. The number of hydrogen-bond acceptors (Lipinski definition) is 2. The summed E-state index contributed by atoms with van der Waals surface area (Å²) in [5.74, 6) is 0. The summed E-state index contributed by atoms with van der Waals surface area (Å²) in [6.07, 6.45) is 0. The lowest BCUT2D eigenvalue weighted by Gasteiger charge is -2.30. The second kappa shape index (κ2) is 6.33. The number of rotatable bonds is 5. The number of aliphatic hydroxyl groups is 1. The van der Waals surface area contributed by atoms with Crippen LogP contribution in [-0.2, 0) is 12.1 Å². The highest BCUT2D eigenvalue weighted by Crippen LogP contribution is 2.28. The molecule has 0 saturated carbocycles. The summed E-state index contributed by atoms with van der Waals surface area (Å²) in [6.45, 7) is 2.78. The molecule has 2 nitrogen and oxygen atoms in total. The molecule has 0 amide bonds. The molecule has 19 heavy (non-hydrogen) atoms. The highest BCUT2D eigenvalue weighted by molar-refractivity contribution is 9.10. The van der Waals surface area contributed by atoms with Crippen LogP contribution in [0.1, 0.15) is 18.1 Å². The summed E-state index contributed by atoms with van der Waals surface area (Å²) >= 11 is 3.55. The maximum atomic E-state index is 9.76. The predicted octanol–water partition coefficient (Wildman–Crippen LogP) is 3.45. The molecule has 0 bridgehead atoms. The van der Waals surface area contributed by atoms with Crippen LogP contribution >= 0.6 is 15.9 Å². The van der Waals surface area contributed by atoms with Crippen molar-refractivity contribution in [3.63, 3.8) is 0 Å². The minimum Gasteiger partial charge on any atom is -0.394 e. The number of aliphatic hydroxyl groups excluding tert-OH is 1. The van der Waals surface area contributed by atoms with Crippen LogP contribution in [0.25, 0.3) is 0 Å². The Morgan fingerprint density at radius 3 is 2.32 bits per heavy atom. The van der Waals surface area contributed by atoms with E-state index in [1.165, 1.54) is 5.56 Å². The molecule has 0 aliphatic carbocycles. The normalized spacial score (nSPS) is 14.1.